The third-order valence-corrected chi connectivity index (χ3v) is 5.22. The van der Waals surface area contributed by atoms with Gasteiger partial charge in [-0.25, -0.2) is 4.98 Å². The van der Waals surface area contributed by atoms with Crippen molar-refractivity contribution in [3.63, 3.8) is 0 Å². The molecule has 1 aliphatic heterocycles. The van der Waals surface area contributed by atoms with Gasteiger partial charge < -0.3 is 15.4 Å². The van der Waals surface area contributed by atoms with Gasteiger partial charge in [0.25, 0.3) is 5.91 Å². The molecule has 1 fully saturated rings. The Morgan fingerprint density at radius 3 is 2.82 bits per heavy atom. The number of ether oxygens (including phenoxy) is 1. The molecule has 114 valence electrons. The maximum atomic E-state index is 12.7. The van der Waals surface area contributed by atoms with Crippen LogP contribution in [-0.4, -0.2) is 23.5 Å². The molecule has 2 aliphatic rings. The molecule has 1 spiro atoms. The van der Waals surface area contributed by atoms with Crippen LogP contribution in [0.25, 0.3) is 11.3 Å². The molecule has 0 unspecified atom stereocenters. The number of hydrogen-bond donors (Lipinski definition) is 1. The molecule has 4 rings (SSSR count). The number of likely N-dealkylation sites (N-methyl/N-ethyl adjacent to an activating group) is 1. The molecule has 1 saturated carbocycles. The lowest BCUT2D eigenvalue weighted by Gasteiger charge is -2.39. The molecule has 5 nitrogen and oxygen atoms in total. The molecule has 1 aromatic heterocycles. The number of benzene rings is 1. The first-order valence-electron chi connectivity index (χ1n) is 7.42. The van der Waals surface area contributed by atoms with E-state index in [0.29, 0.717) is 5.13 Å². The van der Waals surface area contributed by atoms with Crippen molar-refractivity contribution in [2.24, 2.45) is 0 Å². The lowest BCUT2D eigenvalue weighted by molar-refractivity contribution is -0.134. The molecule has 0 atom stereocenters. The van der Waals surface area contributed by atoms with E-state index in [2.05, 4.69) is 4.98 Å². The van der Waals surface area contributed by atoms with E-state index in [-0.39, 0.29) is 5.91 Å². The normalized spacial score (nSPS) is 19.3. The van der Waals surface area contributed by atoms with Gasteiger partial charge in [-0.05, 0) is 43.9 Å². The number of nitrogens with two attached hydrogens (primary N) is 1. The zero-order chi connectivity index (χ0) is 15.3. The van der Waals surface area contributed by atoms with Crippen LogP contribution in [0, 0.1) is 0 Å². The number of nitrogen functional groups attached to an aromatic ring is 1. The number of nitrogens with zero attached hydrogens (tertiary/aromatic N) is 2. The highest BCUT2D eigenvalue weighted by molar-refractivity contribution is 7.13. The van der Waals surface area contributed by atoms with Crippen LogP contribution in [0.1, 0.15) is 25.7 Å². The number of carbonyl (C=O) groups excluding carboxylic acids is 1. The number of carbonyl (C=O) groups is 1. The van der Waals surface area contributed by atoms with E-state index in [1.54, 1.807) is 4.90 Å². The highest BCUT2D eigenvalue weighted by atomic mass is 32.1. The smallest absolute Gasteiger partial charge is 0.271 e. The first kappa shape index (κ1) is 13.6. The Kier molecular flexibility index (Phi) is 2.91. The zero-order valence-electron chi connectivity index (χ0n) is 12.3. The molecular formula is C16H17N3O2S. The van der Waals surface area contributed by atoms with E-state index in [1.165, 1.54) is 11.3 Å². The summed E-state index contributed by atoms with van der Waals surface area (Å²) >= 11 is 1.41. The van der Waals surface area contributed by atoms with E-state index in [9.17, 15) is 4.79 Å². The minimum Gasteiger partial charge on any atom is -0.475 e. The van der Waals surface area contributed by atoms with Crippen LogP contribution in [-0.2, 0) is 4.79 Å². The van der Waals surface area contributed by atoms with Crippen LogP contribution < -0.4 is 15.4 Å². The fourth-order valence-electron chi connectivity index (χ4n) is 3.38. The summed E-state index contributed by atoms with van der Waals surface area (Å²) in [6.45, 7) is 0. The average molecular weight is 315 g/mol. The summed E-state index contributed by atoms with van der Waals surface area (Å²) in [4.78, 5) is 18.8. The second-order valence-electron chi connectivity index (χ2n) is 5.92. The fourth-order valence-corrected chi connectivity index (χ4v) is 3.95. The van der Waals surface area contributed by atoms with Gasteiger partial charge in [0.2, 0.25) is 0 Å². The summed E-state index contributed by atoms with van der Waals surface area (Å²) in [5, 5.41) is 2.46. The Morgan fingerprint density at radius 1 is 1.36 bits per heavy atom. The van der Waals surface area contributed by atoms with Gasteiger partial charge in [0.05, 0.1) is 11.4 Å². The number of amides is 1. The van der Waals surface area contributed by atoms with Crippen LogP contribution >= 0.6 is 11.3 Å². The third kappa shape index (κ3) is 1.90. The number of aromatic nitrogens is 1. The molecule has 1 amide bonds. The van der Waals surface area contributed by atoms with Crippen molar-refractivity contribution in [3.8, 4) is 17.0 Å². The summed E-state index contributed by atoms with van der Waals surface area (Å²) < 4.78 is 6.13. The summed E-state index contributed by atoms with van der Waals surface area (Å²) in [5.41, 5.74) is 7.62. The predicted octanol–water partition coefficient (Wildman–Crippen LogP) is 3.06. The fraction of sp³-hybridized carbons (Fsp3) is 0.375. The molecule has 2 heterocycles. The van der Waals surface area contributed by atoms with Crippen LogP contribution in [0.5, 0.6) is 5.75 Å². The monoisotopic (exact) mass is 315 g/mol. The van der Waals surface area contributed by atoms with Crippen molar-refractivity contribution in [1.29, 1.82) is 0 Å². The van der Waals surface area contributed by atoms with Gasteiger partial charge in [-0.1, -0.05) is 0 Å². The Hall–Kier alpha value is -2.08. The standard InChI is InChI=1S/C16H17N3O2S/c1-19-12-8-10(11-9-22-15(17)18-11)4-5-13(12)21-16(14(19)20)6-2-3-7-16/h4-5,8-9H,2-3,6-7H2,1H3,(H2,17,18). The van der Waals surface area contributed by atoms with Crippen molar-refractivity contribution in [2.45, 2.75) is 31.3 Å². The third-order valence-electron chi connectivity index (χ3n) is 4.55. The Labute approximate surface area is 132 Å². The molecule has 2 aromatic rings. The topological polar surface area (TPSA) is 68.5 Å². The van der Waals surface area contributed by atoms with Crippen LogP contribution in [0.4, 0.5) is 10.8 Å². The van der Waals surface area contributed by atoms with Crippen molar-refractivity contribution >= 4 is 28.1 Å². The highest BCUT2D eigenvalue weighted by Crippen LogP contribution is 2.45. The summed E-state index contributed by atoms with van der Waals surface area (Å²) in [5.74, 6) is 0.836. The number of fused-ring (bicyclic) bond motifs is 1. The number of rotatable bonds is 1. The van der Waals surface area contributed by atoms with E-state index >= 15 is 0 Å². The van der Waals surface area contributed by atoms with Gasteiger partial charge in [0.1, 0.15) is 5.75 Å². The van der Waals surface area contributed by atoms with Gasteiger partial charge in [0.15, 0.2) is 10.7 Å². The van der Waals surface area contributed by atoms with E-state index in [4.69, 9.17) is 10.5 Å². The van der Waals surface area contributed by atoms with Gasteiger partial charge >= 0.3 is 0 Å². The quantitative estimate of drug-likeness (QED) is 0.878. The van der Waals surface area contributed by atoms with E-state index in [0.717, 1.165) is 48.4 Å². The maximum Gasteiger partial charge on any atom is 0.271 e. The number of hydrogen-bond acceptors (Lipinski definition) is 5. The summed E-state index contributed by atoms with van der Waals surface area (Å²) in [7, 11) is 1.82. The molecular weight excluding hydrogens is 298 g/mol. The second kappa shape index (κ2) is 4.71. The first-order chi connectivity index (χ1) is 10.6. The van der Waals surface area contributed by atoms with Gasteiger partial charge in [-0.2, -0.15) is 0 Å². The van der Waals surface area contributed by atoms with Crippen molar-refractivity contribution < 1.29 is 9.53 Å². The summed E-state index contributed by atoms with van der Waals surface area (Å²) in [6.07, 6.45) is 3.70. The molecule has 2 N–H and O–H groups in total. The first-order valence-corrected chi connectivity index (χ1v) is 8.30. The van der Waals surface area contributed by atoms with Gasteiger partial charge in [0, 0.05) is 18.0 Å². The zero-order valence-corrected chi connectivity index (χ0v) is 13.2. The van der Waals surface area contributed by atoms with Gasteiger partial charge in [-0.15, -0.1) is 11.3 Å². The van der Waals surface area contributed by atoms with Crippen molar-refractivity contribution in [3.05, 3.63) is 23.6 Å². The minimum atomic E-state index is -0.645. The van der Waals surface area contributed by atoms with Gasteiger partial charge in [-0.3, -0.25) is 4.79 Å². The molecule has 0 bridgehead atoms. The van der Waals surface area contributed by atoms with Crippen LogP contribution in [0.2, 0.25) is 0 Å². The Bertz CT molecular complexity index is 750. The minimum absolute atomic E-state index is 0.0624. The molecule has 0 radical (unpaired) electrons. The van der Waals surface area contributed by atoms with Crippen molar-refractivity contribution in [1.82, 2.24) is 4.98 Å². The van der Waals surface area contributed by atoms with Crippen LogP contribution in [0.3, 0.4) is 0 Å². The Morgan fingerprint density at radius 2 is 2.14 bits per heavy atom. The van der Waals surface area contributed by atoms with E-state index < -0.39 is 5.60 Å². The molecule has 1 aliphatic carbocycles. The molecule has 1 aromatic carbocycles. The average Bonchev–Trinajstić information content (AvgIpc) is 3.15. The largest absolute Gasteiger partial charge is 0.475 e. The summed E-state index contributed by atoms with van der Waals surface area (Å²) in [6, 6.07) is 5.85. The number of thiazole rings is 1. The Balaban J connectivity index is 1.77. The predicted molar refractivity (Wildman–Crippen MR) is 87.2 cm³/mol. The SMILES string of the molecule is CN1C(=O)C2(CCCC2)Oc2ccc(-c3csc(N)n3)cc21. The highest BCUT2D eigenvalue weighted by Gasteiger charge is 2.49. The number of anilines is 2. The van der Waals surface area contributed by atoms with Crippen LogP contribution in [0.15, 0.2) is 23.6 Å². The second-order valence-corrected chi connectivity index (χ2v) is 6.81. The van der Waals surface area contributed by atoms with E-state index in [1.807, 2.05) is 30.6 Å². The maximum absolute atomic E-state index is 12.7. The lowest BCUT2D eigenvalue weighted by Crippen LogP contribution is -2.53. The molecule has 22 heavy (non-hydrogen) atoms. The van der Waals surface area contributed by atoms with Crippen molar-refractivity contribution in [2.75, 3.05) is 17.7 Å². The molecule has 6 heteroatoms. The molecule has 0 saturated heterocycles. The lowest BCUT2D eigenvalue weighted by atomic mass is 9.97.